The van der Waals surface area contributed by atoms with Crippen molar-refractivity contribution in [2.24, 2.45) is 0 Å². The molecule has 2 rings (SSSR count). The molecule has 0 spiro atoms. The molecule has 114 valence electrons. The Hall–Kier alpha value is -0.390. The van der Waals surface area contributed by atoms with E-state index < -0.39 is 0 Å². The van der Waals surface area contributed by atoms with E-state index in [0.717, 1.165) is 26.1 Å². The molecule has 0 radical (unpaired) electrons. The molecule has 1 unspecified atom stereocenters. The van der Waals surface area contributed by atoms with Gasteiger partial charge in [0.25, 0.3) is 0 Å². The minimum absolute atomic E-state index is 0.686. The number of aryl methyl sites for hydroxylation is 2. The molecular formula is C15H27BrN4. The van der Waals surface area contributed by atoms with Gasteiger partial charge in [-0.2, -0.15) is 5.10 Å². The van der Waals surface area contributed by atoms with Gasteiger partial charge >= 0.3 is 0 Å². The highest BCUT2D eigenvalue weighted by atomic mass is 79.9. The standard InChI is InChI=1S/C15H27BrN4/c1-5-13-15(16)14(20(6-2)17-13)11-19-9-7-8-12(10-19)18(3)4/h12H,5-11H2,1-4H3. The van der Waals surface area contributed by atoms with Gasteiger partial charge in [0.15, 0.2) is 0 Å². The molecule has 0 aromatic carbocycles. The van der Waals surface area contributed by atoms with Gasteiger partial charge in [-0.15, -0.1) is 0 Å². The van der Waals surface area contributed by atoms with Crippen molar-refractivity contribution < 1.29 is 0 Å². The summed E-state index contributed by atoms with van der Waals surface area (Å²) in [7, 11) is 4.38. The van der Waals surface area contributed by atoms with Gasteiger partial charge in [-0.25, -0.2) is 0 Å². The highest BCUT2D eigenvalue weighted by Gasteiger charge is 2.24. The Morgan fingerprint density at radius 2 is 2.10 bits per heavy atom. The maximum atomic E-state index is 4.70. The van der Waals surface area contributed by atoms with Gasteiger partial charge in [0.2, 0.25) is 0 Å². The van der Waals surface area contributed by atoms with Crippen molar-refractivity contribution >= 4 is 15.9 Å². The lowest BCUT2D eigenvalue weighted by Crippen LogP contribution is -2.44. The summed E-state index contributed by atoms with van der Waals surface area (Å²) in [5.41, 5.74) is 2.52. The van der Waals surface area contributed by atoms with E-state index >= 15 is 0 Å². The van der Waals surface area contributed by atoms with Crippen LogP contribution in [0.15, 0.2) is 4.47 Å². The van der Waals surface area contributed by atoms with Crippen molar-refractivity contribution in [1.29, 1.82) is 0 Å². The zero-order valence-corrected chi connectivity index (χ0v) is 14.8. The fourth-order valence-corrected chi connectivity index (χ4v) is 3.67. The number of likely N-dealkylation sites (N-methyl/N-ethyl adjacent to an activating group) is 1. The zero-order chi connectivity index (χ0) is 14.7. The van der Waals surface area contributed by atoms with Crippen LogP contribution >= 0.6 is 15.9 Å². The van der Waals surface area contributed by atoms with Crippen LogP contribution in [0.4, 0.5) is 0 Å². The van der Waals surface area contributed by atoms with Crippen LogP contribution in [0.1, 0.15) is 38.1 Å². The summed E-state index contributed by atoms with van der Waals surface area (Å²) in [5, 5.41) is 4.70. The van der Waals surface area contributed by atoms with Crippen molar-refractivity contribution in [2.75, 3.05) is 27.2 Å². The number of hydrogen-bond acceptors (Lipinski definition) is 3. The van der Waals surface area contributed by atoms with Gasteiger partial charge in [0.05, 0.1) is 15.9 Å². The molecule has 5 heteroatoms. The number of piperidine rings is 1. The molecule has 0 saturated carbocycles. The second kappa shape index (κ2) is 7.05. The SMILES string of the molecule is CCc1nn(CC)c(CN2CCCC(N(C)C)C2)c1Br. The van der Waals surface area contributed by atoms with Gasteiger partial charge in [-0.3, -0.25) is 9.58 Å². The van der Waals surface area contributed by atoms with Crippen LogP contribution in [0.2, 0.25) is 0 Å². The number of aromatic nitrogens is 2. The summed E-state index contributed by atoms with van der Waals surface area (Å²) >= 11 is 3.75. The van der Waals surface area contributed by atoms with E-state index in [1.807, 2.05) is 0 Å². The van der Waals surface area contributed by atoms with Crippen molar-refractivity contribution in [3.8, 4) is 0 Å². The summed E-state index contributed by atoms with van der Waals surface area (Å²) in [5.74, 6) is 0. The normalized spacial score (nSPS) is 20.8. The molecule has 4 nitrogen and oxygen atoms in total. The highest BCUT2D eigenvalue weighted by molar-refractivity contribution is 9.10. The Morgan fingerprint density at radius 3 is 2.70 bits per heavy atom. The van der Waals surface area contributed by atoms with E-state index in [9.17, 15) is 0 Å². The second-order valence-electron chi connectivity index (χ2n) is 5.87. The first kappa shape index (κ1) is 16.0. The summed E-state index contributed by atoms with van der Waals surface area (Å²) in [6.45, 7) is 8.65. The van der Waals surface area contributed by atoms with Gasteiger partial charge < -0.3 is 4.90 Å². The average molecular weight is 343 g/mol. The maximum absolute atomic E-state index is 4.70. The first-order chi connectivity index (χ1) is 9.56. The minimum Gasteiger partial charge on any atom is -0.305 e. The molecule has 0 bridgehead atoms. The van der Waals surface area contributed by atoms with E-state index in [4.69, 9.17) is 5.10 Å². The lowest BCUT2D eigenvalue weighted by Gasteiger charge is -2.36. The van der Waals surface area contributed by atoms with E-state index in [2.05, 4.69) is 58.4 Å². The van der Waals surface area contributed by atoms with Crippen LogP contribution in [0.5, 0.6) is 0 Å². The summed E-state index contributed by atoms with van der Waals surface area (Å²) < 4.78 is 3.37. The molecule has 0 aliphatic carbocycles. The largest absolute Gasteiger partial charge is 0.305 e. The molecule has 0 amide bonds. The van der Waals surface area contributed by atoms with Crippen LogP contribution in [-0.2, 0) is 19.5 Å². The predicted octanol–water partition coefficient (Wildman–Crippen LogP) is 2.75. The summed E-state index contributed by atoms with van der Waals surface area (Å²) in [4.78, 5) is 4.93. The fourth-order valence-electron chi connectivity index (χ4n) is 2.98. The molecular weight excluding hydrogens is 316 g/mol. The Bertz CT molecular complexity index is 441. The van der Waals surface area contributed by atoms with Crippen LogP contribution in [0.25, 0.3) is 0 Å². The van der Waals surface area contributed by atoms with Gasteiger partial charge in [-0.1, -0.05) is 6.92 Å². The first-order valence-electron chi connectivity index (χ1n) is 7.69. The molecule has 1 fully saturated rings. The quantitative estimate of drug-likeness (QED) is 0.822. The Labute approximate surface area is 131 Å². The Morgan fingerprint density at radius 1 is 1.35 bits per heavy atom. The second-order valence-corrected chi connectivity index (χ2v) is 6.66. The minimum atomic E-state index is 0.686. The van der Waals surface area contributed by atoms with Crippen LogP contribution < -0.4 is 0 Å². The van der Waals surface area contributed by atoms with Crippen LogP contribution in [-0.4, -0.2) is 52.8 Å². The lowest BCUT2D eigenvalue weighted by molar-refractivity contribution is 0.125. The van der Waals surface area contributed by atoms with E-state index in [-0.39, 0.29) is 0 Å². The number of hydrogen-bond donors (Lipinski definition) is 0. The molecule has 1 aromatic heterocycles. The van der Waals surface area contributed by atoms with Crippen LogP contribution in [0.3, 0.4) is 0 Å². The summed E-state index contributed by atoms with van der Waals surface area (Å²) in [6.07, 6.45) is 3.60. The van der Waals surface area contributed by atoms with E-state index in [0.29, 0.717) is 6.04 Å². The highest BCUT2D eigenvalue weighted by Crippen LogP contribution is 2.25. The van der Waals surface area contributed by atoms with Crippen molar-refractivity contribution in [1.82, 2.24) is 19.6 Å². The fraction of sp³-hybridized carbons (Fsp3) is 0.800. The Balaban J connectivity index is 2.11. The molecule has 1 aromatic rings. The van der Waals surface area contributed by atoms with Crippen molar-refractivity contribution in [2.45, 2.75) is 52.2 Å². The molecule has 1 saturated heterocycles. The lowest BCUT2D eigenvalue weighted by atomic mass is 10.0. The zero-order valence-electron chi connectivity index (χ0n) is 13.2. The van der Waals surface area contributed by atoms with E-state index in [1.54, 1.807) is 0 Å². The molecule has 2 heterocycles. The predicted molar refractivity (Wildman–Crippen MR) is 87.0 cm³/mol. The monoisotopic (exact) mass is 342 g/mol. The molecule has 1 atom stereocenters. The first-order valence-corrected chi connectivity index (χ1v) is 8.48. The third-order valence-electron chi connectivity index (χ3n) is 4.28. The topological polar surface area (TPSA) is 24.3 Å². The van der Waals surface area contributed by atoms with Crippen molar-refractivity contribution in [3.05, 3.63) is 15.9 Å². The number of likely N-dealkylation sites (tertiary alicyclic amines) is 1. The molecule has 0 N–H and O–H groups in total. The number of rotatable bonds is 5. The average Bonchev–Trinajstić information content (AvgIpc) is 2.75. The molecule has 1 aliphatic rings. The van der Waals surface area contributed by atoms with Crippen LogP contribution in [0, 0.1) is 0 Å². The maximum Gasteiger partial charge on any atom is 0.0767 e. The van der Waals surface area contributed by atoms with Gasteiger partial charge in [0, 0.05) is 25.7 Å². The third kappa shape index (κ3) is 3.43. The summed E-state index contributed by atoms with van der Waals surface area (Å²) in [6, 6.07) is 0.686. The van der Waals surface area contributed by atoms with Gasteiger partial charge in [-0.05, 0) is 62.8 Å². The molecule has 20 heavy (non-hydrogen) atoms. The number of halogens is 1. The van der Waals surface area contributed by atoms with Crippen molar-refractivity contribution in [3.63, 3.8) is 0 Å². The Kier molecular flexibility index (Phi) is 5.64. The smallest absolute Gasteiger partial charge is 0.0767 e. The van der Waals surface area contributed by atoms with E-state index in [1.165, 1.54) is 35.2 Å². The number of nitrogens with zero attached hydrogens (tertiary/aromatic N) is 4. The van der Waals surface area contributed by atoms with Gasteiger partial charge in [0.1, 0.15) is 0 Å². The third-order valence-corrected chi connectivity index (χ3v) is 5.19. The molecule has 1 aliphatic heterocycles.